The molecule has 1 N–H and O–H groups in total. The molecular formula is C11H14N2. The van der Waals surface area contributed by atoms with E-state index in [0.29, 0.717) is 0 Å². The molecule has 0 fully saturated rings. The summed E-state index contributed by atoms with van der Waals surface area (Å²) in [5, 5.41) is 11.9. The van der Waals surface area contributed by atoms with E-state index in [9.17, 15) is 0 Å². The van der Waals surface area contributed by atoms with Crippen molar-refractivity contribution < 1.29 is 0 Å². The van der Waals surface area contributed by atoms with Gasteiger partial charge in [-0.1, -0.05) is 19.1 Å². The maximum absolute atomic E-state index is 8.74. The van der Waals surface area contributed by atoms with E-state index in [1.165, 1.54) is 5.56 Å². The number of hydrogen-bond donors (Lipinski definition) is 1. The molecular weight excluding hydrogens is 160 g/mol. The Labute approximate surface area is 79.2 Å². The Hall–Kier alpha value is -1.49. The molecule has 0 saturated heterocycles. The van der Waals surface area contributed by atoms with Crippen molar-refractivity contribution in [2.75, 3.05) is 5.32 Å². The topological polar surface area (TPSA) is 35.8 Å². The van der Waals surface area contributed by atoms with E-state index >= 15 is 0 Å². The number of benzene rings is 1. The van der Waals surface area contributed by atoms with Crippen LogP contribution in [0.1, 0.15) is 18.9 Å². The average Bonchev–Trinajstić information content (AvgIpc) is 2.14. The Balaban J connectivity index is 2.69. The molecule has 1 unspecified atom stereocenters. The minimum atomic E-state index is -0.0817. The number of rotatable bonds is 3. The molecule has 1 rings (SSSR count). The van der Waals surface area contributed by atoms with Crippen molar-refractivity contribution in [3.63, 3.8) is 0 Å². The van der Waals surface area contributed by atoms with Crippen molar-refractivity contribution >= 4 is 5.69 Å². The zero-order valence-corrected chi connectivity index (χ0v) is 8.04. The van der Waals surface area contributed by atoms with Gasteiger partial charge in [0.05, 0.1) is 6.07 Å². The van der Waals surface area contributed by atoms with E-state index in [1.54, 1.807) is 0 Å². The van der Waals surface area contributed by atoms with Gasteiger partial charge in [0.15, 0.2) is 0 Å². The van der Waals surface area contributed by atoms with E-state index in [0.717, 1.165) is 12.1 Å². The summed E-state index contributed by atoms with van der Waals surface area (Å²) in [5.41, 5.74) is 2.23. The number of nitriles is 1. The maximum Gasteiger partial charge on any atom is 0.114 e. The zero-order chi connectivity index (χ0) is 9.68. The van der Waals surface area contributed by atoms with Crippen LogP contribution in [0.3, 0.4) is 0 Å². The van der Waals surface area contributed by atoms with Crippen LogP contribution < -0.4 is 5.32 Å². The molecule has 68 valence electrons. The molecule has 0 amide bonds. The second-order valence-electron chi connectivity index (χ2n) is 3.10. The van der Waals surface area contributed by atoms with Gasteiger partial charge in [-0.15, -0.1) is 0 Å². The summed E-state index contributed by atoms with van der Waals surface area (Å²) in [4.78, 5) is 0. The number of hydrogen-bond acceptors (Lipinski definition) is 2. The van der Waals surface area contributed by atoms with Gasteiger partial charge in [0, 0.05) is 5.69 Å². The highest BCUT2D eigenvalue weighted by Crippen LogP contribution is 2.11. The SMILES string of the molecule is CCC(C#N)Nc1cccc(C)c1. The van der Waals surface area contributed by atoms with Crippen molar-refractivity contribution in [3.8, 4) is 6.07 Å². The Morgan fingerprint density at radius 1 is 1.54 bits per heavy atom. The van der Waals surface area contributed by atoms with Crippen LogP contribution in [0.15, 0.2) is 24.3 Å². The number of nitrogens with one attached hydrogen (secondary N) is 1. The minimum Gasteiger partial charge on any atom is -0.370 e. The second kappa shape index (κ2) is 4.51. The van der Waals surface area contributed by atoms with E-state index < -0.39 is 0 Å². The third-order valence-corrected chi connectivity index (χ3v) is 1.92. The maximum atomic E-state index is 8.74. The normalized spacial score (nSPS) is 11.8. The Morgan fingerprint density at radius 2 is 2.31 bits per heavy atom. The fourth-order valence-electron chi connectivity index (χ4n) is 1.16. The molecule has 0 aliphatic carbocycles. The predicted octanol–water partition coefficient (Wildman–Crippen LogP) is 2.71. The van der Waals surface area contributed by atoms with Gasteiger partial charge in [-0.2, -0.15) is 5.26 Å². The molecule has 1 aromatic carbocycles. The second-order valence-corrected chi connectivity index (χ2v) is 3.10. The summed E-state index contributed by atoms with van der Waals surface area (Å²) in [6.07, 6.45) is 0.824. The number of aryl methyl sites for hydroxylation is 1. The van der Waals surface area contributed by atoms with Crippen molar-refractivity contribution in [2.24, 2.45) is 0 Å². The summed E-state index contributed by atoms with van der Waals surface area (Å²) in [5.74, 6) is 0. The summed E-state index contributed by atoms with van der Waals surface area (Å²) >= 11 is 0. The van der Waals surface area contributed by atoms with Gasteiger partial charge in [-0.25, -0.2) is 0 Å². The first-order valence-corrected chi connectivity index (χ1v) is 4.49. The minimum absolute atomic E-state index is 0.0817. The molecule has 0 aliphatic rings. The van der Waals surface area contributed by atoms with Crippen LogP contribution in [0.2, 0.25) is 0 Å². The van der Waals surface area contributed by atoms with Gasteiger partial charge in [0.2, 0.25) is 0 Å². The van der Waals surface area contributed by atoms with Crippen molar-refractivity contribution in [1.29, 1.82) is 5.26 Å². The van der Waals surface area contributed by atoms with E-state index in [1.807, 2.05) is 38.1 Å². The van der Waals surface area contributed by atoms with Gasteiger partial charge in [0.25, 0.3) is 0 Å². The van der Waals surface area contributed by atoms with Gasteiger partial charge in [-0.05, 0) is 31.0 Å². The van der Waals surface area contributed by atoms with Crippen molar-refractivity contribution in [1.82, 2.24) is 0 Å². The third kappa shape index (κ3) is 2.79. The van der Waals surface area contributed by atoms with E-state index in [2.05, 4.69) is 11.4 Å². The van der Waals surface area contributed by atoms with Crippen molar-refractivity contribution in [3.05, 3.63) is 29.8 Å². The lowest BCUT2D eigenvalue weighted by Crippen LogP contribution is -2.15. The molecule has 1 aromatic rings. The fourth-order valence-corrected chi connectivity index (χ4v) is 1.16. The highest BCUT2D eigenvalue weighted by molar-refractivity contribution is 5.47. The Bertz CT molecular complexity index is 312. The molecule has 0 aromatic heterocycles. The Kier molecular flexibility index (Phi) is 3.33. The zero-order valence-electron chi connectivity index (χ0n) is 8.04. The van der Waals surface area contributed by atoms with Gasteiger partial charge in [0.1, 0.15) is 6.04 Å². The first-order valence-electron chi connectivity index (χ1n) is 4.49. The summed E-state index contributed by atoms with van der Waals surface area (Å²) in [6.45, 7) is 4.04. The standard InChI is InChI=1S/C11H14N2/c1-3-10(8-12)13-11-6-4-5-9(2)7-11/h4-7,10,13H,3H2,1-2H3. The van der Waals surface area contributed by atoms with E-state index in [4.69, 9.17) is 5.26 Å². The van der Waals surface area contributed by atoms with Crippen LogP contribution in [0.25, 0.3) is 0 Å². The van der Waals surface area contributed by atoms with Crippen LogP contribution in [-0.4, -0.2) is 6.04 Å². The van der Waals surface area contributed by atoms with Crippen LogP contribution in [0, 0.1) is 18.3 Å². The lowest BCUT2D eigenvalue weighted by molar-refractivity contribution is 0.845. The molecule has 2 heteroatoms. The number of nitrogens with zero attached hydrogens (tertiary/aromatic N) is 1. The first kappa shape index (κ1) is 9.60. The summed E-state index contributed by atoms with van der Waals surface area (Å²) < 4.78 is 0. The number of anilines is 1. The smallest absolute Gasteiger partial charge is 0.114 e. The molecule has 0 spiro atoms. The third-order valence-electron chi connectivity index (χ3n) is 1.92. The average molecular weight is 174 g/mol. The quantitative estimate of drug-likeness (QED) is 0.764. The van der Waals surface area contributed by atoms with Crippen LogP contribution in [0.5, 0.6) is 0 Å². The molecule has 2 nitrogen and oxygen atoms in total. The summed E-state index contributed by atoms with van der Waals surface area (Å²) in [6, 6.07) is 10.2. The van der Waals surface area contributed by atoms with Gasteiger partial charge in [-0.3, -0.25) is 0 Å². The highest BCUT2D eigenvalue weighted by atomic mass is 14.9. The molecule has 0 radical (unpaired) electrons. The lowest BCUT2D eigenvalue weighted by Gasteiger charge is -2.10. The molecule has 13 heavy (non-hydrogen) atoms. The molecule has 0 saturated carbocycles. The van der Waals surface area contributed by atoms with E-state index in [-0.39, 0.29) is 6.04 Å². The summed E-state index contributed by atoms with van der Waals surface area (Å²) in [7, 11) is 0. The Morgan fingerprint density at radius 3 is 2.85 bits per heavy atom. The van der Waals surface area contributed by atoms with Crippen LogP contribution in [0.4, 0.5) is 5.69 Å². The lowest BCUT2D eigenvalue weighted by atomic mass is 10.2. The molecule has 0 bridgehead atoms. The predicted molar refractivity (Wildman–Crippen MR) is 54.5 cm³/mol. The van der Waals surface area contributed by atoms with Crippen LogP contribution >= 0.6 is 0 Å². The van der Waals surface area contributed by atoms with Crippen molar-refractivity contribution in [2.45, 2.75) is 26.3 Å². The van der Waals surface area contributed by atoms with Gasteiger partial charge < -0.3 is 5.32 Å². The van der Waals surface area contributed by atoms with Gasteiger partial charge >= 0.3 is 0 Å². The van der Waals surface area contributed by atoms with Crippen LogP contribution in [-0.2, 0) is 0 Å². The first-order chi connectivity index (χ1) is 6.26. The molecule has 0 aliphatic heterocycles. The molecule has 1 atom stereocenters. The highest BCUT2D eigenvalue weighted by Gasteiger charge is 2.02. The molecule has 0 heterocycles. The largest absolute Gasteiger partial charge is 0.370 e. The monoisotopic (exact) mass is 174 g/mol. The fraction of sp³-hybridized carbons (Fsp3) is 0.364.